The SMILES string of the molecule is O=C(O)C1(c2ccccc2)CCN(c2nc(C3CCC3)no2)C1. The Hall–Kier alpha value is -2.37. The van der Waals surface area contributed by atoms with E-state index in [1.807, 2.05) is 35.2 Å². The molecule has 0 amide bonds. The number of carboxylic acids is 1. The highest BCUT2D eigenvalue weighted by Crippen LogP contribution is 2.39. The van der Waals surface area contributed by atoms with Crippen LogP contribution in [0.4, 0.5) is 6.01 Å². The Morgan fingerprint density at radius 3 is 2.74 bits per heavy atom. The quantitative estimate of drug-likeness (QED) is 0.934. The molecule has 23 heavy (non-hydrogen) atoms. The first-order chi connectivity index (χ1) is 11.2. The molecule has 1 aromatic carbocycles. The fourth-order valence-corrected chi connectivity index (χ4v) is 3.45. The first kappa shape index (κ1) is 14.2. The molecule has 1 aromatic heterocycles. The number of benzene rings is 1. The zero-order valence-electron chi connectivity index (χ0n) is 12.8. The van der Waals surface area contributed by atoms with Crippen molar-refractivity contribution < 1.29 is 14.4 Å². The Kier molecular flexibility index (Phi) is 3.32. The summed E-state index contributed by atoms with van der Waals surface area (Å²) in [6, 6.07) is 9.87. The van der Waals surface area contributed by atoms with Gasteiger partial charge in [0.1, 0.15) is 5.41 Å². The highest BCUT2D eigenvalue weighted by atomic mass is 16.5. The molecule has 4 rings (SSSR count). The van der Waals surface area contributed by atoms with E-state index in [9.17, 15) is 9.90 Å². The second kappa shape index (κ2) is 5.37. The summed E-state index contributed by atoms with van der Waals surface area (Å²) in [6.45, 7) is 0.964. The van der Waals surface area contributed by atoms with Crippen molar-refractivity contribution in [3.05, 3.63) is 41.7 Å². The summed E-state index contributed by atoms with van der Waals surface area (Å²) in [5.41, 5.74) is -0.0828. The summed E-state index contributed by atoms with van der Waals surface area (Å²) in [4.78, 5) is 18.4. The second-order valence-corrected chi connectivity index (χ2v) is 6.49. The van der Waals surface area contributed by atoms with Crippen LogP contribution in [0, 0.1) is 0 Å². The molecule has 0 spiro atoms. The van der Waals surface area contributed by atoms with Crippen molar-refractivity contribution >= 4 is 12.0 Å². The summed E-state index contributed by atoms with van der Waals surface area (Å²) in [7, 11) is 0. The molecule has 0 bridgehead atoms. The monoisotopic (exact) mass is 313 g/mol. The normalized spacial score (nSPS) is 24.6. The number of rotatable bonds is 4. The van der Waals surface area contributed by atoms with Gasteiger partial charge < -0.3 is 14.5 Å². The Labute approximate surface area is 134 Å². The number of aromatic nitrogens is 2. The molecule has 1 aliphatic heterocycles. The van der Waals surface area contributed by atoms with Crippen molar-refractivity contribution in [1.29, 1.82) is 0 Å². The smallest absolute Gasteiger partial charge is 0.324 e. The van der Waals surface area contributed by atoms with Crippen molar-refractivity contribution in [2.75, 3.05) is 18.0 Å². The van der Waals surface area contributed by atoms with Crippen molar-refractivity contribution in [2.45, 2.75) is 37.0 Å². The van der Waals surface area contributed by atoms with Crippen LogP contribution in [0.25, 0.3) is 0 Å². The number of aliphatic carboxylic acids is 1. The van der Waals surface area contributed by atoms with Crippen LogP contribution in [0.2, 0.25) is 0 Å². The maximum Gasteiger partial charge on any atom is 0.324 e. The highest BCUT2D eigenvalue weighted by Gasteiger charge is 2.47. The molecule has 1 N–H and O–H groups in total. The first-order valence-corrected chi connectivity index (χ1v) is 8.06. The van der Waals surface area contributed by atoms with E-state index in [-0.39, 0.29) is 0 Å². The number of nitrogens with zero attached hydrogens (tertiary/aromatic N) is 3. The molecule has 2 heterocycles. The lowest BCUT2D eigenvalue weighted by molar-refractivity contribution is -0.143. The third-order valence-electron chi connectivity index (χ3n) is 5.18. The van der Waals surface area contributed by atoms with Crippen molar-refractivity contribution in [3.63, 3.8) is 0 Å². The highest BCUT2D eigenvalue weighted by molar-refractivity contribution is 5.83. The van der Waals surface area contributed by atoms with Crippen LogP contribution in [-0.4, -0.2) is 34.3 Å². The van der Waals surface area contributed by atoms with Crippen LogP contribution in [0.5, 0.6) is 0 Å². The van der Waals surface area contributed by atoms with Crippen LogP contribution < -0.4 is 4.90 Å². The van der Waals surface area contributed by atoms with Gasteiger partial charge >= 0.3 is 12.0 Å². The van der Waals surface area contributed by atoms with Gasteiger partial charge in [0.25, 0.3) is 0 Å². The molecular formula is C17H19N3O3. The standard InChI is InChI=1S/C17H19N3O3/c21-15(22)17(13-7-2-1-3-8-13)9-10-20(11-17)16-18-14(19-23-16)12-5-4-6-12/h1-3,7-8,12H,4-6,9-11H2,(H,21,22). The molecular weight excluding hydrogens is 294 g/mol. The minimum absolute atomic E-state index is 0.360. The molecule has 1 aliphatic carbocycles. The Balaban J connectivity index is 1.59. The lowest BCUT2D eigenvalue weighted by Crippen LogP contribution is -2.39. The van der Waals surface area contributed by atoms with Crippen LogP contribution in [0.15, 0.2) is 34.9 Å². The third kappa shape index (κ3) is 2.29. The van der Waals surface area contributed by atoms with Gasteiger partial charge in [-0.15, -0.1) is 0 Å². The van der Waals surface area contributed by atoms with E-state index in [1.165, 1.54) is 6.42 Å². The van der Waals surface area contributed by atoms with Crippen molar-refractivity contribution in [1.82, 2.24) is 10.1 Å². The van der Waals surface area contributed by atoms with Crippen molar-refractivity contribution in [2.24, 2.45) is 0 Å². The summed E-state index contributed by atoms with van der Waals surface area (Å²) >= 11 is 0. The number of carbonyl (C=O) groups is 1. The van der Waals surface area contributed by atoms with Gasteiger partial charge in [-0.3, -0.25) is 4.79 Å². The van der Waals surface area contributed by atoms with Gasteiger partial charge in [-0.1, -0.05) is 41.9 Å². The Bertz CT molecular complexity index is 711. The predicted molar refractivity (Wildman–Crippen MR) is 83.5 cm³/mol. The van der Waals surface area contributed by atoms with Crippen LogP contribution in [0.3, 0.4) is 0 Å². The average molecular weight is 313 g/mol. The van der Waals surface area contributed by atoms with E-state index >= 15 is 0 Å². The molecule has 120 valence electrons. The zero-order valence-corrected chi connectivity index (χ0v) is 12.8. The maximum absolute atomic E-state index is 12.0. The summed E-state index contributed by atoms with van der Waals surface area (Å²) in [5.74, 6) is 0.372. The molecule has 1 atom stereocenters. The zero-order chi connectivity index (χ0) is 15.9. The van der Waals surface area contributed by atoms with Crippen LogP contribution in [0.1, 0.15) is 43.0 Å². The summed E-state index contributed by atoms with van der Waals surface area (Å²) in [5, 5.41) is 13.9. The van der Waals surface area contributed by atoms with Crippen LogP contribution in [-0.2, 0) is 10.2 Å². The number of hydrogen-bond acceptors (Lipinski definition) is 5. The lowest BCUT2D eigenvalue weighted by Gasteiger charge is -2.24. The van der Waals surface area contributed by atoms with E-state index < -0.39 is 11.4 Å². The lowest BCUT2D eigenvalue weighted by atomic mass is 9.80. The van der Waals surface area contributed by atoms with E-state index in [4.69, 9.17) is 4.52 Å². The molecule has 6 nitrogen and oxygen atoms in total. The maximum atomic E-state index is 12.0. The van der Waals surface area contributed by atoms with Gasteiger partial charge in [0, 0.05) is 19.0 Å². The average Bonchev–Trinajstić information content (AvgIpc) is 3.14. The third-order valence-corrected chi connectivity index (χ3v) is 5.18. The van der Waals surface area contributed by atoms with Crippen LogP contribution >= 0.6 is 0 Å². The van der Waals surface area contributed by atoms with Gasteiger partial charge in [-0.2, -0.15) is 4.98 Å². The molecule has 2 fully saturated rings. The summed E-state index contributed by atoms with van der Waals surface area (Å²) in [6.07, 6.45) is 3.98. The van der Waals surface area contributed by atoms with Crippen molar-refractivity contribution in [3.8, 4) is 0 Å². The Morgan fingerprint density at radius 2 is 2.09 bits per heavy atom. The van der Waals surface area contributed by atoms with E-state index in [0.717, 1.165) is 24.2 Å². The van der Waals surface area contributed by atoms with E-state index in [0.29, 0.717) is 31.4 Å². The number of hydrogen-bond donors (Lipinski definition) is 1. The number of anilines is 1. The fraction of sp³-hybridized carbons (Fsp3) is 0.471. The van der Waals surface area contributed by atoms with Gasteiger partial charge in [0.05, 0.1) is 0 Å². The molecule has 6 heteroatoms. The minimum atomic E-state index is -0.910. The molecule has 1 saturated heterocycles. The number of carboxylic acid groups (broad SMARTS) is 1. The first-order valence-electron chi connectivity index (χ1n) is 8.06. The van der Waals surface area contributed by atoms with Gasteiger partial charge in [0.15, 0.2) is 5.82 Å². The summed E-state index contributed by atoms with van der Waals surface area (Å²) < 4.78 is 5.39. The predicted octanol–water partition coefficient (Wildman–Crippen LogP) is 2.57. The van der Waals surface area contributed by atoms with Gasteiger partial charge in [-0.05, 0) is 24.8 Å². The molecule has 1 unspecified atom stereocenters. The topological polar surface area (TPSA) is 79.5 Å². The molecule has 2 aliphatic rings. The van der Waals surface area contributed by atoms with Gasteiger partial charge in [-0.25, -0.2) is 0 Å². The molecule has 2 aromatic rings. The minimum Gasteiger partial charge on any atom is -0.481 e. The second-order valence-electron chi connectivity index (χ2n) is 6.49. The Morgan fingerprint density at radius 1 is 1.30 bits per heavy atom. The largest absolute Gasteiger partial charge is 0.481 e. The van der Waals surface area contributed by atoms with E-state index in [2.05, 4.69) is 10.1 Å². The molecule has 0 radical (unpaired) electrons. The molecule has 1 saturated carbocycles. The van der Waals surface area contributed by atoms with E-state index in [1.54, 1.807) is 0 Å². The fourth-order valence-electron chi connectivity index (χ4n) is 3.45. The van der Waals surface area contributed by atoms with Gasteiger partial charge in [0.2, 0.25) is 0 Å².